The van der Waals surface area contributed by atoms with Crippen LogP contribution >= 0.6 is 0 Å². The summed E-state index contributed by atoms with van der Waals surface area (Å²) in [5, 5.41) is 2.90. The number of hydrogen-bond donors (Lipinski definition) is 2. The third kappa shape index (κ3) is 4.37. The molecule has 18 heavy (non-hydrogen) atoms. The van der Waals surface area contributed by atoms with Gasteiger partial charge in [-0.15, -0.1) is 0 Å². The summed E-state index contributed by atoms with van der Waals surface area (Å²) >= 11 is 0. The van der Waals surface area contributed by atoms with Crippen molar-refractivity contribution >= 4 is 17.3 Å². The fourth-order valence-corrected chi connectivity index (χ4v) is 1.67. The number of nitrogens with two attached hydrogens (primary N) is 1. The van der Waals surface area contributed by atoms with Crippen molar-refractivity contribution < 1.29 is 4.79 Å². The predicted octanol–water partition coefficient (Wildman–Crippen LogP) is 2.13. The van der Waals surface area contributed by atoms with E-state index in [4.69, 9.17) is 5.73 Å². The lowest BCUT2D eigenvalue weighted by molar-refractivity contribution is -0.117. The summed E-state index contributed by atoms with van der Waals surface area (Å²) in [5.41, 5.74) is 8.34. The highest BCUT2D eigenvalue weighted by Gasteiger charge is 2.16. The Morgan fingerprint density at radius 3 is 2.44 bits per heavy atom. The number of carbonyl (C=O) groups is 1. The molecular formula is C14H23N3O. The highest BCUT2D eigenvalue weighted by molar-refractivity contribution is 5.92. The average molecular weight is 249 g/mol. The van der Waals surface area contributed by atoms with E-state index in [1.165, 1.54) is 0 Å². The number of aryl methyl sites for hydroxylation is 1. The quantitative estimate of drug-likeness (QED) is 0.859. The van der Waals surface area contributed by atoms with Crippen molar-refractivity contribution in [3.63, 3.8) is 0 Å². The first-order chi connectivity index (χ1) is 8.19. The molecule has 0 aromatic heterocycles. The molecule has 0 spiro atoms. The number of nitrogens with one attached hydrogen (secondary N) is 1. The van der Waals surface area contributed by atoms with Gasteiger partial charge >= 0.3 is 0 Å². The molecule has 0 aliphatic carbocycles. The van der Waals surface area contributed by atoms with Crippen LogP contribution in [-0.4, -0.2) is 25.5 Å². The molecule has 4 heteroatoms. The Morgan fingerprint density at radius 1 is 1.39 bits per heavy atom. The van der Waals surface area contributed by atoms with Crippen molar-refractivity contribution in [1.29, 1.82) is 0 Å². The van der Waals surface area contributed by atoms with Crippen LogP contribution in [0.1, 0.15) is 25.8 Å². The number of benzene rings is 1. The smallest absolute Gasteiger partial charge is 0.226 e. The normalized spacial score (nSPS) is 11.2. The van der Waals surface area contributed by atoms with Gasteiger partial charge < -0.3 is 16.0 Å². The fraction of sp³-hybridized carbons (Fsp3) is 0.500. The summed E-state index contributed by atoms with van der Waals surface area (Å²) in [6.45, 7) is 5.67. The van der Waals surface area contributed by atoms with Crippen molar-refractivity contribution in [2.24, 2.45) is 5.73 Å². The van der Waals surface area contributed by atoms with E-state index >= 15 is 0 Å². The molecule has 1 rings (SSSR count). The number of anilines is 2. The lowest BCUT2D eigenvalue weighted by Gasteiger charge is -2.19. The first kappa shape index (κ1) is 14.5. The number of rotatable bonds is 4. The Labute approximate surface area is 109 Å². The second kappa shape index (κ2) is 5.40. The maximum atomic E-state index is 11.8. The molecule has 0 heterocycles. The number of nitrogens with zero attached hydrogens (tertiary/aromatic N) is 1. The molecule has 0 bridgehead atoms. The molecule has 0 atom stereocenters. The Morgan fingerprint density at radius 2 is 2.00 bits per heavy atom. The third-order valence-corrected chi connectivity index (χ3v) is 2.62. The van der Waals surface area contributed by atoms with Crippen molar-refractivity contribution in [3.05, 3.63) is 23.8 Å². The molecule has 100 valence electrons. The zero-order valence-electron chi connectivity index (χ0n) is 11.9. The van der Waals surface area contributed by atoms with E-state index in [2.05, 4.69) is 5.32 Å². The summed E-state index contributed by atoms with van der Waals surface area (Å²) < 4.78 is 0. The van der Waals surface area contributed by atoms with Gasteiger partial charge in [-0.1, -0.05) is 0 Å². The highest BCUT2D eigenvalue weighted by Crippen LogP contribution is 2.21. The minimum Gasteiger partial charge on any atom is -0.378 e. The van der Waals surface area contributed by atoms with Crippen LogP contribution in [0.5, 0.6) is 0 Å². The van der Waals surface area contributed by atoms with E-state index < -0.39 is 5.54 Å². The predicted molar refractivity (Wildman–Crippen MR) is 77.0 cm³/mol. The Bertz CT molecular complexity index is 433. The first-order valence-corrected chi connectivity index (χ1v) is 6.06. The van der Waals surface area contributed by atoms with Gasteiger partial charge in [0.2, 0.25) is 5.91 Å². The van der Waals surface area contributed by atoms with Crippen LogP contribution in [0.2, 0.25) is 0 Å². The van der Waals surface area contributed by atoms with Gasteiger partial charge in [-0.25, -0.2) is 0 Å². The fourth-order valence-electron chi connectivity index (χ4n) is 1.67. The van der Waals surface area contributed by atoms with Gasteiger partial charge in [-0.05, 0) is 44.5 Å². The Kier molecular flexibility index (Phi) is 4.35. The van der Waals surface area contributed by atoms with Gasteiger partial charge in [0, 0.05) is 37.4 Å². The summed E-state index contributed by atoms with van der Waals surface area (Å²) in [6, 6.07) is 5.95. The van der Waals surface area contributed by atoms with Crippen molar-refractivity contribution in [3.8, 4) is 0 Å². The van der Waals surface area contributed by atoms with Crippen LogP contribution in [-0.2, 0) is 4.79 Å². The van der Waals surface area contributed by atoms with Crippen molar-refractivity contribution in [2.75, 3.05) is 24.3 Å². The van der Waals surface area contributed by atoms with Crippen molar-refractivity contribution in [1.82, 2.24) is 0 Å². The maximum absolute atomic E-state index is 11.8. The van der Waals surface area contributed by atoms with Gasteiger partial charge in [0.1, 0.15) is 0 Å². The Balaban J connectivity index is 2.77. The SMILES string of the molecule is Cc1cc(N(C)C)ccc1NC(=O)CC(C)(C)N. The summed E-state index contributed by atoms with van der Waals surface area (Å²) in [6.07, 6.45) is 0.307. The largest absolute Gasteiger partial charge is 0.378 e. The highest BCUT2D eigenvalue weighted by atomic mass is 16.1. The molecule has 3 N–H and O–H groups in total. The number of carbonyl (C=O) groups excluding carboxylic acids is 1. The summed E-state index contributed by atoms with van der Waals surface area (Å²) in [7, 11) is 3.98. The van der Waals surface area contributed by atoms with Crippen LogP contribution in [0, 0.1) is 6.92 Å². The number of hydrogen-bond acceptors (Lipinski definition) is 3. The topological polar surface area (TPSA) is 58.4 Å². The molecule has 0 saturated carbocycles. The molecule has 4 nitrogen and oxygen atoms in total. The number of amides is 1. The molecule has 1 amide bonds. The average Bonchev–Trinajstić information content (AvgIpc) is 2.17. The van der Waals surface area contributed by atoms with E-state index in [0.717, 1.165) is 16.9 Å². The van der Waals surface area contributed by atoms with Crippen LogP contribution in [0.25, 0.3) is 0 Å². The van der Waals surface area contributed by atoms with E-state index in [1.807, 2.05) is 58.0 Å². The molecule has 1 aromatic carbocycles. The minimum absolute atomic E-state index is 0.0526. The second-order valence-electron chi connectivity index (χ2n) is 5.61. The molecule has 0 saturated heterocycles. The lowest BCUT2D eigenvalue weighted by atomic mass is 10.0. The summed E-state index contributed by atoms with van der Waals surface area (Å²) in [4.78, 5) is 13.8. The van der Waals surface area contributed by atoms with Gasteiger partial charge in [0.05, 0.1) is 0 Å². The van der Waals surface area contributed by atoms with Gasteiger partial charge in [-0.3, -0.25) is 4.79 Å². The molecular weight excluding hydrogens is 226 g/mol. The van der Waals surface area contributed by atoms with Crippen LogP contribution in [0.3, 0.4) is 0 Å². The monoisotopic (exact) mass is 249 g/mol. The second-order valence-corrected chi connectivity index (χ2v) is 5.61. The van der Waals surface area contributed by atoms with Gasteiger partial charge in [0.15, 0.2) is 0 Å². The standard InChI is InChI=1S/C14H23N3O/c1-10-8-11(17(4)5)6-7-12(10)16-13(18)9-14(2,3)15/h6-8H,9,15H2,1-5H3,(H,16,18). The van der Waals surface area contributed by atoms with E-state index in [-0.39, 0.29) is 5.91 Å². The Hall–Kier alpha value is -1.55. The maximum Gasteiger partial charge on any atom is 0.226 e. The lowest BCUT2D eigenvalue weighted by Crippen LogP contribution is -2.36. The zero-order chi connectivity index (χ0) is 13.9. The van der Waals surface area contributed by atoms with Crippen LogP contribution in [0.15, 0.2) is 18.2 Å². The molecule has 0 aliphatic heterocycles. The van der Waals surface area contributed by atoms with E-state index in [0.29, 0.717) is 6.42 Å². The van der Waals surface area contributed by atoms with Gasteiger partial charge in [0.25, 0.3) is 0 Å². The van der Waals surface area contributed by atoms with E-state index in [9.17, 15) is 4.79 Å². The van der Waals surface area contributed by atoms with Crippen LogP contribution < -0.4 is 16.0 Å². The van der Waals surface area contributed by atoms with E-state index in [1.54, 1.807) is 0 Å². The zero-order valence-corrected chi connectivity index (χ0v) is 11.9. The first-order valence-electron chi connectivity index (χ1n) is 6.06. The summed E-state index contributed by atoms with van der Waals surface area (Å²) in [5.74, 6) is -0.0526. The van der Waals surface area contributed by atoms with Crippen LogP contribution in [0.4, 0.5) is 11.4 Å². The van der Waals surface area contributed by atoms with Crippen molar-refractivity contribution in [2.45, 2.75) is 32.7 Å². The molecule has 0 unspecified atom stereocenters. The third-order valence-electron chi connectivity index (χ3n) is 2.62. The molecule has 0 radical (unpaired) electrons. The molecule has 0 aliphatic rings. The molecule has 0 fully saturated rings. The molecule has 1 aromatic rings. The van der Waals surface area contributed by atoms with Gasteiger partial charge in [-0.2, -0.15) is 0 Å². The minimum atomic E-state index is -0.485.